The van der Waals surface area contributed by atoms with E-state index in [0.29, 0.717) is 13.0 Å². The van der Waals surface area contributed by atoms with Crippen molar-refractivity contribution in [2.24, 2.45) is 17.8 Å². The summed E-state index contributed by atoms with van der Waals surface area (Å²) in [6.45, 7) is 10.7. The van der Waals surface area contributed by atoms with Gasteiger partial charge < -0.3 is 24.6 Å². The zero-order valence-electron chi connectivity index (χ0n) is 22.2. The smallest absolute Gasteiger partial charge is 0.225 e. The monoisotopic (exact) mass is 469 g/mol. The van der Waals surface area contributed by atoms with Gasteiger partial charge in [0.05, 0.1) is 36.6 Å². The Morgan fingerprint density at radius 2 is 1.73 bits per heavy atom. The second kappa shape index (κ2) is 13.9. The predicted molar refractivity (Wildman–Crippen MR) is 130 cm³/mol. The number of methoxy groups -OCH3 is 2. The van der Waals surface area contributed by atoms with Crippen molar-refractivity contribution in [2.75, 3.05) is 34.9 Å². The molecule has 8 nitrogen and oxygen atoms in total. The lowest BCUT2D eigenvalue weighted by atomic mass is 9.90. The van der Waals surface area contributed by atoms with E-state index >= 15 is 0 Å². The van der Waals surface area contributed by atoms with Gasteiger partial charge in [-0.2, -0.15) is 0 Å². The van der Waals surface area contributed by atoms with Gasteiger partial charge in [-0.25, -0.2) is 0 Å². The van der Waals surface area contributed by atoms with Crippen molar-refractivity contribution in [3.63, 3.8) is 0 Å². The Bertz CT molecular complexity index is 642. The molecule has 0 spiro atoms. The SMILES string of the molecule is CC[C@H](C)[C@@H]([C@@H](CC(=O)N1CCC[C@H]1[C@H](OC)[C@@H](C)C(=O)NC)OC)N(C)C(=O)CC(C)C. The molecular formula is C25H47N3O5. The number of likely N-dealkylation sites (N-methyl/N-ethyl adjacent to an activating group) is 1. The number of likely N-dealkylation sites (tertiary alicyclic amines) is 1. The van der Waals surface area contributed by atoms with Crippen LogP contribution in [-0.4, -0.2) is 86.7 Å². The fourth-order valence-electron chi connectivity index (χ4n) is 5.05. The van der Waals surface area contributed by atoms with Crippen LogP contribution in [0.2, 0.25) is 0 Å². The highest BCUT2D eigenvalue weighted by Gasteiger charge is 2.41. The zero-order chi connectivity index (χ0) is 25.3. The Kier molecular flexibility index (Phi) is 12.4. The number of rotatable bonds is 13. The number of hydrogen-bond acceptors (Lipinski definition) is 5. The molecule has 1 aliphatic heterocycles. The van der Waals surface area contributed by atoms with Gasteiger partial charge in [0.2, 0.25) is 17.7 Å². The Hall–Kier alpha value is -1.67. The van der Waals surface area contributed by atoms with Crippen LogP contribution in [0.4, 0.5) is 0 Å². The fourth-order valence-corrected chi connectivity index (χ4v) is 5.05. The second-order valence-electron chi connectivity index (χ2n) is 9.86. The number of nitrogens with zero attached hydrogens (tertiary/aromatic N) is 2. The summed E-state index contributed by atoms with van der Waals surface area (Å²) in [6.07, 6.45) is 2.41. The normalized spacial score (nSPS) is 20.8. The lowest BCUT2D eigenvalue weighted by Crippen LogP contribution is -2.53. The standard InChI is InChI=1S/C25H47N3O5/c1-10-17(4)23(27(7)21(29)14-16(2)3)20(32-8)15-22(30)28-13-11-12-19(28)24(33-9)18(5)25(31)26-6/h16-20,23-24H,10-15H2,1-9H3,(H,26,31)/t17-,18+,19-,20+,23-,24+/m0/s1. The minimum atomic E-state index is -0.410. The van der Waals surface area contributed by atoms with Crippen LogP contribution < -0.4 is 5.32 Å². The number of ether oxygens (including phenoxy) is 2. The molecule has 33 heavy (non-hydrogen) atoms. The molecule has 3 amide bonds. The van der Waals surface area contributed by atoms with Gasteiger partial charge in [-0.05, 0) is 24.7 Å². The Balaban J connectivity index is 3.07. The molecule has 1 heterocycles. The maximum Gasteiger partial charge on any atom is 0.225 e. The second-order valence-corrected chi connectivity index (χ2v) is 9.86. The zero-order valence-corrected chi connectivity index (χ0v) is 22.2. The van der Waals surface area contributed by atoms with Crippen molar-refractivity contribution in [3.05, 3.63) is 0 Å². The number of carbonyl (C=O) groups excluding carboxylic acids is 3. The van der Waals surface area contributed by atoms with Gasteiger partial charge >= 0.3 is 0 Å². The van der Waals surface area contributed by atoms with Gasteiger partial charge in [0.25, 0.3) is 0 Å². The molecule has 0 saturated carbocycles. The molecule has 0 unspecified atom stereocenters. The van der Waals surface area contributed by atoms with Crippen molar-refractivity contribution in [1.82, 2.24) is 15.1 Å². The summed E-state index contributed by atoms with van der Waals surface area (Å²) in [5, 5.41) is 2.68. The molecule has 0 aromatic carbocycles. The van der Waals surface area contributed by atoms with Crippen molar-refractivity contribution in [2.45, 2.75) is 91.0 Å². The molecule has 0 radical (unpaired) electrons. The Labute approximate surface area is 200 Å². The number of hydrogen-bond donors (Lipinski definition) is 1. The van der Waals surface area contributed by atoms with Crippen LogP contribution in [0, 0.1) is 17.8 Å². The molecule has 0 aromatic heterocycles. The van der Waals surface area contributed by atoms with E-state index in [-0.39, 0.29) is 60.1 Å². The van der Waals surface area contributed by atoms with E-state index in [9.17, 15) is 14.4 Å². The first-order valence-corrected chi connectivity index (χ1v) is 12.4. The van der Waals surface area contributed by atoms with Crippen molar-refractivity contribution < 1.29 is 23.9 Å². The largest absolute Gasteiger partial charge is 0.379 e. The van der Waals surface area contributed by atoms with Crippen LogP contribution >= 0.6 is 0 Å². The van der Waals surface area contributed by atoms with E-state index in [1.54, 1.807) is 26.2 Å². The van der Waals surface area contributed by atoms with E-state index in [0.717, 1.165) is 19.3 Å². The average molecular weight is 470 g/mol. The van der Waals surface area contributed by atoms with Crippen LogP contribution in [-0.2, 0) is 23.9 Å². The van der Waals surface area contributed by atoms with E-state index in [1.807, 2.05) is 32.7 Å². The van der Waals surface area contributed by atoms with Crippen molar-refractivity contribution >= 4 is 17.7 Å². The minimum absolute atomic E-state index is 0.0199. The molecule has 1 fully saturated rings. The first-order chi connectivity index (χ1) is 15.5. The molecule has 1 N–H and O–H groups in total. The molecule has 192 valence electrons. The third-order valence-electron chi connectivity index (χ3n) is 7.13. The first kappa shape index (κ1) is 29.4. The first-order valence-electron chi connectivity index (χ1n) is 12.4. The Morgan fingerprint density at radius 1 is 1.09 bits per heavy atom. The summed E-state index contributed by atoms with van der Waals surface area (Å²) in [4.78, 5) is 42.2. The molecule has 1 saturated heterocycles. The minimum Gasteiger partial charge on any atom is -0.379 e. The van der Waals surface area contributed by atoms with Gasteiger partial charge in [0, 0.05) is 41.3 Å². The highest BCUT2D eigenvalue weighted by Crippen LogP contribution is 2.29. The van der Waals surface area contributed by atoms with Crippen molar-refractivity contribution in [1.29, 1.82) is 0 Å². The van der Waals surface area contributed by atoms with E-state index in [4.69, 9.17) is 9.47 Å². The van der Waals surface area contributed by atoms with Gasteiger partial charge in [0.1, 0.15) is 0 Å². The summed E-state index contributed by atoms with van der Waals surface area (Å²) < 4.78 is 11.5. The summed E-state index contributed by atoms with van der Waals surface area (Å²) in [5.41, 5.74) is 0. The number of carbonyl (C=O) groups is 3. The lowest BCUT2D eigenvalue weighted by molar-refractivity contribution is -0.146. The topological polar surface area (TPSA) is 88.2 Å². The van der Waals surface area contributed by atoms with Crippen LogP contribution in [0.1, 0.15) is 66.7 Å². The summed E-state index contributed by atoms with van der Waals surface area (Å²) >= 11 is 0. The molecule has 1 rings (SSSR count). The molecule has 0 bridgehead atoms. The van der Waals surface area contributed by atoms with Crippen molar-refractivity contribution in [3.8, 4) is 0 Å². The summed E-state index contributed by atoms with van der Waals surface area (Å²) in [6, 6.07) is -0.353. The molecule has 6 atom stereocenters. The number of amides is 3. The maximum atomic E-state index is 13.5. The molecular weight excluding hydrogens is 422 g/mol. The highest BCUT2D eigenvalue weighted by atomic mass is 16.5. The number of nitrogens with one attached hydrogen (secondary N) is 1. The van der Waals surface area contributed by atoms with Crippen LogP contribution in [0.3, 0.4) is 0 Å². The van der Waals surface area contributed by atoms with Crippen LogP contribution in [0.25, 0.3) is 0 Å². The third-order valence-corrected chi connectivity index (χ3v) is 7.13. The quantitative estimate of drug-likeness (QED) is 0.448. The van der Waals surface area contributed by atoms with Gasteiger partial charge in [-0.1, -0.05) is 41.0 Å². The summed E-state index contributed by atoms with van der Waals surface area (Å²) in [7, 11) is 6.64. The van der Waals surface area contributed by atoms with E-state index in [2.05, 4.69) is 19.2 Å². The molecule has 1 aliphatic rings. The van der Waals surface area contributed by atoms with E-state index in [1.165, 1.54) is 0 Å². The Morgan fingerprint density at radius 3 is 2.21 bits per heavy atom. The molecule has 8 heteroatoms. The average Bonchev–Trinajstić information content (AvgIpc) is 3.26. The molecule has 0 aliphatic carbocycles. The summed E-state index contributed by atoms with van der Waals surface area (Å²) in [5.74, 6) is 0.0237. The van der Waals surface area contributed by atoms with E-state index < -0.39 is 6.10 Å². The third kappa shape index (κ3) is 7.67. The predicted octanol–water partition coefficient (Wildman–Crippen LogP) is 2.70. The lowest BCUT2D eigenvalue weighted by Gasteiger charge is -2.39. The van der Waals surface area contributed by atoms with Gasteiger partial charge in [-0.15, -0.1) is 0 Å². The van der Waals surface area contributed by atoms with Crippen LogP contribution in [0.5, 0.6) is 0 Å². The van der Waals surface area contributed by atoms with Crippen LogP contribution in [0.15, 0.2) is 0 Å². The maximum absolute atomic E-state index is 13.5. The van der Waals surface area contributed by atoms with Gasteiger partial charge in [0.15, 0.2) is 0 Å². The fraction of sp³-hybridized carbons (Fsp3) is 0.880. The molecule has 0 aromatic rings. The van der Waals surface area contributed by atoms with Gasteiger partial charge in [-0.3, -0.25) is 14.4 Å². The highest BCUT2D eigenvalue weighted by molar-refractivity contribution is 5.80.